The van der Waals surface area contributed by atoms with Crippen molar-refractivity contribution in [2.24, 2.45) is 0 Å². The third-order valence-electron chi connectivity index (χ3n) is 4.83. The molecule has 0 spiro atoms. The molecule has 0 saturated heterocycles. The van der Waals surface area contributed by atoms with E-state index in [0.29, 0.717) is 17.9 Å². The average Bonchev–Trinajstić information content (AvgIpc) is 2.73. The van der Waals surface area contributed by atoms with Gasteiger partial charge in [0.15, 0.2) is 17.5 Å². The van der Waals surface area contributed by atoms with Crippen LogP contribution < -0.4 is 20.7 Å². The quantitative estimate of drug-likeness (QED) is 0.372. The van der Waals surface area contributed by atoms with Gasteiger partial charge < -0.3 is 25.4 Å². The number of carbonyl (C=O) groups excluding carboxylic acids is 1. The lowest BCUT2D eigenvalue weighted by Crippen LogP contribution is -2.46. The van der Waals surface area contributed by atoms with Crippen molar-refractivity contribution in [3.8, 4) is 11.8 Å². The van der Waals surface area contributed by atoms with Gasteiger partial charge in [-0.3, -0.25) is 0 Å². The van der Waals surface area contributed by atoms with Gasteiger partial charge in [0.2, 0.25) is 0 Å². The molecule has 35 heavy (non-hydrogen) atoms. The van der Waals surface area contributed by atoms with E-state index < -0.39 is 17.5 Å². The fourth-order valence-electron chi connectivity index (χ4n) is 3.35. The lowest BCUT2D eigenvalue weighted by Gasteiger charge is -2.28. The van der Waals surface area contributed by atoms with Gasteiger partial charge >= 0.3 is 6.09 Å². The number of rotatable bonds is 10. The summed E-state index contributed by atoms with van der Waals surface area (Å²) in [5.41, 5.74) is 0.0843. The van der Waals surface area contributed by atoms with Gasteiger partial charge in [-0.2, -0.15) is 5.26 Å². The molecule has 3 N–H and O–H groups in total. The number of alkyl carbamates (subject to hydrolysis) is 1. The topological polar surface area (TPSA) is 108 Å². The largest absolute Gasteiger partial charge is 0.491 e. The van der Waals surface area contributed by atoms with Gasteiger partial charge in [0, 0.05) is 23.8 Å². The van der Waals surface area contributed by atoms with Crippen molar-refractivity contribution >= 4 is 23.4 Å². The number of nitriles is 1. The predicted octanol–water partition coefficient (Wildman–Crippen LogP) is 6.12. The summed E-state index contributed by atoms with van der Waals surface area (Å²) in [6.07, 6.45) is 0.900. The van der Waals surface area contributed by atoms with E-state index in [2.05, 4.69) is 20.9 Å². The molecule has 8 nitrogen and oxygen atoms in total. The average molecular weight is 486 g/mol. The molecule has 0 aliphatic rings. The Morgan fingerprint density at radius 2 is 1.91 bits per heavy atom. The van der Waals surface area contributed by atoms with E-state index in [1.807, 2.05) is 45.9 Å². The Kier molecular flexibility index (Phi) is 9.69. The van der Waals surface area contributed by atoms with Crippen molar-refractivity contribution in [3.05, 3.63) is 41.7 Å². The van der Waals surface area contributed by atoms with Gasteiger partial charge in [-0.1, -0.05) is 19.4 Å². The SMILES string of the molecule is CCC[C@@H](Nc1nc(Nc2cccc(OC(C)C)c2)c(C#N)cc1F)[C@H](C)NC(=O)OC(C)(C)C. The van der Waals surface area contributed by atoms with Gasteiger partial charge in [0.05, 0.1) is 11.7 Å². The summed E-state index contributed by atoms with van der Waals surface area (Å²) >= 11 is 0. The maximum absolute atomic E-state index is 14.9. The summed E-state index contributed by atoms with van der Waals surface area (Å²) in [7, 11) is 0. The molecule has 0 aliphatic carbocycles. The first-order valence-electron chi connectivity index (χ1n) is 11.8. The van der Waals surface area contributed by atoms with Crippen molar-refractivity contribution in [1.82, 2.24) is 10.3 Å². The second-order valence-electron chi connectivity index (χ2n) is 9.62. The molecule has 0 bridgehead atoms. The van der Waals surface area contributed by atoms with Gasteiger partial charge in [0.25, 0.3) is 0 Å². The minimum absolute atomic E-state index is 0.00597. The molecule has 190 valence electrons. The second-order valence-corrected chi connectivity index (χ2v) is 9.62. The van der Waals surface area contributed by atoms with E-state index in [1.54, 1.807) is 32.9 Å². The van der Waals surface area contributed by atoms with Crippen molar-refractivity contribution < 1.29 is 18.7 Å². The minimum Gasteiger partial charge on any atom is -0.491 e. The van der Waals surface area contributed by atoms with Crippen LogP contribution in [0.25, 0.3) is 0 Å². The van der Waals surface area contributed by atoms with Crippen LogP contribution in [0.2, 0.25) is 0 Å². The molecule has 2 aromatic rings. The van der Waals surface area contributed by atoms with Crippen LogP contribution in [0.3, 0.4) is 0 Å². The van der Waals surface area contributed by atoms with Crippen molar-refractivity contribution in [2.75, 3.05) is 10.6 Å². The van der Waals surface area contributed by atoms with E-state index in [1.165, 1.54) is 0 Å². The number of nitrogens with one attached hydrogen (secondary N) is 3. The van der Waals surface area contributed by atoms with Crippen molar-refractivity contribution in [1.29, 1.82) is 5.26 Å². The Balaban J connectivity index is 2.27. The third kappa shape index (κ3) is 8.96. The number of pyridine rings is 1. The number of ether oxygens (including phenoxy) is 2. The van der Waals surface area contributed by atoms with Gasteiger partial charge in [-0.05, 0) is 66.2 Å². The van der Waals surface area contributed by atoms with Crippen LogP contribution in [-0.2, 0) is 4.74 Å². The number of nitrogens with zero attached hydrogens (tertiary/aromatic N) is 2. The summed E-state index contributed by atoms with van der Waals surface area (Å²) in [5, 5.41) is 18.5. The minimum atomic E-state index is -0.658. The molecule has 9 heteroatoms. The second kappa shape index (κ2) is 12.2. The molecule has 1 heterocycles. The highest BCUT2D eigenvalue weighted by Crippen LogP contribution is 2.27. The van der Waals surface area contributed by atoms with Crippen LogP contribution in [0.1, 0.15) is 66.9 Å². The number of hydrogen-bond acceptors (Lipinski definition) is 7. The van der Waals surface area contributed by atoms with E-state index in [0.717, 1.165) is 12.5 Å². The molecular formula is C26H36FN5O3. The zero-order valence-electron chi connectivity index (χ0n) is 21.5. The maximum atomic E-state index is 14.9. The fraction of sp³-hybridized carbons (Fsp3) is 0.500. The lowest BCUT2D eigenvalue weighted by molar-refractivity contribution is 0.0502. The number of aromatic nitrogens is 1. The summed E-state index contributed by atoms with van der Waals surface area (Å²) in [6.45, 7) is 13.0. The molecule has 1 aromatic carbocycles. The molecule has 1 aromatic heterocycles. The van der Waals surface area contributed by atoms with Crippen LogP contribution in [-0.4, -0.2) is 34.9 Å². The zero-order valence-corrected chi connectivity index (χ0v) is 21.5. The molecule has 0 radical (unpaired) electrons. The Bertz CT molecular complexity index is 1050. The van der Waals surface area contributed by atoms with Crippen molar-refractivity contribution in [3.63, 3.8) is 0 Å². The van der Waals surface area contributed by atoms with Gasteiger partial charge in [0.1, 0.15) is 17.4 Å². The standard InChI is InChI=1S/C26H36FN5O3/c1-8-10-22(17(4)29-25(33)35-26(5,6)7)31-24-21(27)13-18(15-28)23(32-24)30-19-11-9-12-20(14-19)34-16(2)3/h9,11-14,16-17,22H,8,10H2,1-7H3,(H,29,33)(H2,30,31,32)/t17-,22+/m0/s1. The number of amides is 1. The monoisotopic (exact) mass is 485 g/mol. The number of anilines is 3. The Hall–Kier alpha value is -3.54. The molecule has 1 amide bonds. The molecular weight excluding hydrogens is 449 g/mol. The fourth-order valence-corrected chi connectivity index (χ4v) is 3.35. The third-order valence-corrected chi connectivity index (χ3v) is 4.83. The molecule has 2 rings (SSSR count). The summed E-state index contributed by atoms with van der Waals surface area (Å²) in [6, 6.07) is 9.66. The Labute approximate surface area is 207 Å². The van der Waals surface area contributed by atoms with E-state index in [-0.39, 0.29) is 35.4 Å². The van der Waals surface area contributed by atoms with Gasteiger partial charge in [-0.25, -0.2) is 14.2 Å². The van der Waals surface area contributed by atoms with Crippen LogP contribution >= 0.6 is 0 Å². The zero-order chi connectivity index (χ0) is 26.2. The smallest absolute Gasteiger partial charge is 0.407 e. The predicted molar refractivity (Wildman–Crippen MR) is 136 cm³/mol. The molecule has 0 unspecified atom stereocenters. The van der Waals surface area contributed by atoms with Crippen LogP contribution in [0.15, 0.2) is 30.3 Å². The highest BCUT2D eigenvalue weighted by molar-refractivity contribution is 5.68. The summed E-state index contributed by atoms with van der Waals surface area (Å²) < 4.78 is 25.9. The highest BCUT2D eigenvalue weighted by Gasteiger charge is 2.24. The lowest BCUT2D eigenvalue weighted by atomic mass is 10.0. The van der Waals surface area contributed by atoms with E-state index >= 15 is 0 Å². The Morgan fingerprint density at radius 3 is 2.51 bits per heavy atom. The van der Waals surface area contributed by atoms with Crippen molar-refractivity contribution in [2.45, 2.75) is 85.1 Å². The molecule has 2 atom stereocenters. The van der Waals surface area contributed by atoms with Crippen LogP contribution in [0, 0.1) is 17.1 Å². The van der Waals surface area contributed by atoms with E-state index in [4.69, 9.17) is 9.47 Å². The van der Waals surface area contributed by atoms with Crippen LogP contribution in [0.5, 0.6) is 5.75 Å². The number of halogens is 1. The highest BCUT2D eigenvalue weighted by atomic mass is 19.1. The summed E-state index contributed by atoms with van der Waals surface area (Å²) in [5.74, 6) is 0.196. The normalized spacial score (nSPS) is 12.9. The van der Waals surface area contributed by atoms with Crippen LogP contribution in [0.4, 0.5) is 26.5 Å². The number of carbonyl (C=O) groups is 1. The summed E-state index contributed by atoms with van der Waals surface area (Å²) in [4.78, 5) is 16.6. The maximum Gasteiger partial charge on any atom is 0.407 e. The van der Waals surface area contributed by atoms with E-state index in [9.17, 15) is 14.4 Å². The first-order chi connectivity index (χ1) is 16.4. The molecule has 0 saturated carbocycles. The first kappa shape index (κ1) is 27.7. The molecule has 0 aliphatic heterocycles. The van der Waals surface area contributed by atoms with Gasteiger partial charge in [-0.15, -0.1) is 0 Å². The number of benzene rings is 1. The Morgan fingerprint density at radius 1 is 1.20 bits per heavy atom. The number of hydrogen-bond donors (Lipinski definition) is 3. The molecule has 0 fully saturated rings. The first-order valence-corrected chi connectivity index (χ1v) is 11.8.